The molecule has 1 aliphatic rings. The van der Waals surface area contributed by atoms with Crippen molar-refractivity contribution in [2.24, 2.45) is 5.92 Å². The SMILES string of the molecule is CC(C)c1ccc(CNC(=O)[C@H]2C[C@H](/C=C/C(=O)O)CCN2S(=O)(=O)c2ccc(C(C)C)cc2)cc1. The number of amides is 1. The van der Waals surface area contributed by atoms with Gasteiger partial charge in [-0.05, 0) is 59.4 Å². The molecule has 2 aromatic carbocycles. The van der Waals surface area contributed by atoms with E-state index in [1.54, 1.807) is 30.3 Å². The molecule has 2 atom stereocenters. The molecule has 1 saturated heterocycles. The molecule has 2 N–H and O–H groups in total. The predicted octanol–water partition coefficient (Wildman–Crippen LogP) is 4.66. The molecule has 1 aliphatic heterocycles. The highest BCUT2D eigenvalue weighted by Gasteiger charge is 2.40. The summed E-state index contributed by atoms with van der Waals surface area (Å²) in [5, 5.41) is 11.9. The van der Waals surface area contributed by atoms with E-state index in [4.69, 9.17) is 5.11 Å². The van der Waals surface area contributed by atoms with Gasteiger partial charge >= 0.3 is 5.97 Å². The summed E-state index contributed by atoms with van der Waals surface area (Å²) in [6.45, 7) is 8.71. The van der Waals surface area contributed by atoms with Crippen molar-refractivity contribution in [2.75, 3.05) is 6.54 Å². The molecule has 1 heterocycles. The number of rotatable bonds is 9. The van der Waals surface area contributed by atoms with Crippen LogP contribution in [0.15, 0.2) is 65.6 Å². The van der Waals surface area contributed by atoms with Gasteiger partial charge in [0, 0.05) is 19.2 Å². The third kappa shape index (κ3) is 6.83. The van der Waals surface area contributed by atoms with E-state index >= 15 is 0 Å². The first-order valence-electron chi connectivity index (χ1n) is 12.4. The van der Waals surface area contributed by atoms with Crippen LogP contribution in [0.3, 0.4) is 0 Å². The van der Waals surface area contributed by atoms with E-state index in [0.717, 1.165) is 17.2 Å². The van der Waals surface area contributed by atoms with E-state index in [1.165, 1.54) is 9.87 Å². The summed E-state index contributed by atoms with van der Waals surface area (Å²) in [4.78, 5) is 24.4. The maximum atomic E-state index is 13.6. The highest BCUT2D eigenvalue weighted by atomic mass is 32.2. The van der Waals surface area contributed by atoms with E-state index in [1.807, 2.05) is 38.1 Å². The predicted molar refractivity (Wildman–Crippen MR) is 140 cm³/mol. The van der Waals surface area contributed by atoms with Crippen molar-refractivity contribution in [3.63, 3.8) is 0 Å². The topological polar surface area (TPSA) is 104 Å². The molecule has 3 rings (SSSR count). The quantitative estimate of drug-likeness (QED) is 0.476. The van der Waals surface area contributed by atoms with Crippen LogP contribution in [0.5, 0.6) is 0 Å². The van der Waals surface area contributed by atoms with Crippen LogP contribution in [0, 0.1) is 5.92 Å². The molecule has 0 aromatic heterocycles. The summed E-state index contributed by atoms with van der Waals surface area (Å²) in [5.74, 6) is -0.997. The van der Waals surface area contributed by atoms with Crippen LogP contribution in [0.2, 0.25) is 0 Å². The molecule has 0 unspecified atom stereocenters. The minimum Gasteiger partial charge on any atom is -0.478 e. The molecule has 194 valence electrons. The van der Waals surface area contributed by atoms with E-state index in [2.05, 4.69) is 19.2 Å². The fraction of sp³-hybridized carbons (Fsp3) is 0.429. The van der Waals surface area contributed by atoms with Crippen molar-refractivity contribution in [1.82, 2.24) is 9.62 Å². The van der Waals surface area contributed by atoms with E-state index < -0.39 is 27.9 Å². The number of carboxylic acids is 1. The molecule has 0 saturated carbocycles. The largest absolute Gasteiger partial charge is 0.478 e. The number of carboxylic acid groups (broad SMARTS) is 1. The Balaban J connectivity index is 1.82. The lowest BCUT2D eigenvalue weighted by Crippen LogP contribution is -2.53. The summed E-state index contributed by atoms with van der Waals surface area (Å²) in [7, 11) is -3.92. The first-order chi connectivity index (χ1) is 17.0. The summed E-state index contributed by atoms with van der Waals surface area (Å²) >= 11 is 0. The van der Waals surface area contributed by atoms with Gasteiger partial charge < -0.3 is 10.4 Å². The van der Waals surface area contributed by atoms with Gasteiger partial charge in [-0.15, -0.1) is 0 Å². The third-order valence-corrected chi connectivity index (χ3v) is 8.60. The molecule has 1 fully saturated rings. The highest BCUT2D eigenvalue weighted by molar-refractivity contribution is 7.89. The van der Waals surface area contributed by atoms with Gasteiger partial charge in [0.15, 0.2) is 0 Å². The van der Waals surface area contributed by atoms with Gasteiger partial charge in [-0.2, -0.15) is 4.31 Å². The van der Waals surface area contributed by atoms with Crippen LogP contribution < -0.4 is 5.32 Å². The van der Waals surface area contributed by atoms with Gasteiger partial charge in [-0.3, -0.25) is 4.79 Å². The lowest BCUT2D eigenvalue weighted by Gasteiger charge is -2.36. The molecule has 0 aliphatic carbocycles. The Hall–Kier alpha value is -2.97. The lowest BCUT2D eigenvalue weighted by molar-refractivity contribution is -0.131. The number of carbonyl (C=O) groups is 2. The number of hydrogen-bond acceptors (Lipinski definition) is 4. The number of hydrogen-bond donors (Lipinski definition) is 2. The number of carbonyl (C=O) groups excluding carboxylic acids is 1. The lowest BCUT2D eigenvalue weighted by atomic mass is 9.91. The molecule has 0 spiro atoms. The van der Waals surface area contributed by atoms with Crippen molar-refractivity contribution in [2.45, 2.75) is 69.9 Å². The minimum absolute atomic E-state index is 0.129. The Bertz CT molecular complexity index is 1190. The second-order valence-corrected chi connectivity index (χ2v) is 11.8. The van der Waals surface area contributed by atoms with Gasteiger partial charge in [0.1, 0.15) is 6.04 Å². The zero-order valence-corrected chi connectivity index (χ0v) is 22.2. The van der Waals surface area contributed by atoms with Crippen molar-refractivity contribution >= 4 is 21.9 Å². The normalized spacial score (nSPS) is 19.2. The van der Waals surface area contributed by atoms with Crippen LogP contribution in [-0.2, 0) is 26.2 Å². The zero-order valence-electron chi connectivity index (χ0n) is 21.3. The smallest absolute Gasteiger partial charge is 0.327 e. The van der Waals surface area contributed by atoms with Crippen LogP contribution in [-0.4, -0.2) is 42.3 Å². The van der Waals surface area contributed by atoms with Gasteiger partial charge in [0.05, 0.1) is 4.90 Å². The summed E-state index contributed by atoms with van der Waals surface area (Å²) in [5.41, 5.74) is 3.15. The molecule has 0 radical (unpaired) electrons. The molecule has 7 nitrogen and oxygen atoms in total. The maximum absolute atomic E-state index is 13.6. The van der Waals surface area contributed by atoms with Crippen LogP contribution in [0.25, 0.3) is 0 Å². The van der Waals surface area contributed by atoms with Crippen molar-refractivity contribution in [1.29, 1.82) is 0 Å². The monoisotopic (exact) mass is 512 g/mol. The average Bonchev–Trinajstić information content (AvgIpc) is 2.86. The van der Waals surface area contributed by atoms with E-state index in [0.29, 0.717) is 12.3 Å². The number of allylic oxidation sites excluding steroid dienone is 1. The zero-order chi connectivity index (χ0) is 26.5. The average molecular weight is 513 g/mol. The van der Waals surface area contributed by atoms with E-state index in [9.17, 15) is 18.0 Å². The number of piperidine rings is 1. The molecule has 0 bridgehead atoms. The van der Waals surface area contributed by atoms with E-state index in [-0.39, 0.29) is 36.2 Å². The summed E-state index contributed by atoms with van der Waals surface area (Å²) in [6, 6.07) is 13.8. The van der Waals surface area contributed by atoms with Gasteiger partial charge in [0.2, 0.25) is 15.9 Å². The minimum atomic E-state index is -3.92. The Morgan fingerprint density at radius 3 is 2.08 bits per heavy atom. The maximum Gasteiger partial charge on any atom is 0.327 e. The fourth-order valence-electron chi connectivity index (χ4n) is 4.38. The van der Waals surface area contributed by atoms with Crippen molar-refractivity contribution in [3.05, 3.63) is 77.4 Å². The van der Waals surface area contributed by atoms with Crippen molar-refractivity contribution < 1.29 is 23.1 Å². The Labute approximate surface area is 214 Å². The van der Waals surface area contributed by atoms with Crippen molar-refractivity contribution in [3.8, 4) is 0 Å². The van der Waals surface area contributed by atoms with Crippen LogP contribution >= 0.6 is 0 Å². The molecule has 36 heavy (non-hydrogen) atoms. The third-order valence-electron chi connectivity index (χ3n) is 6.67. The fourth-order valence-corrected chi connectivity index (χ4v) is 5.99. The first-order valence-corrected chi connectivity index (χ1v) is 13.8. The molecular formula is C28H36N2O5S. The second-order valence-electron chi connectivity index (χ2n) is 9.95. The number of aliphatic carboxylic acids is 1. The number of sulfonamides is 1. The number of nitrogens with zero attached hydrogens (tertiary/aromatic N) is 1. The molecule has 2 aromatic rings. The number of nitrogens with one attached hydrogen (secondary N) is 1. The van der Waals surface area contributed by atoms with Crippen LogP contribution in [0.4, 0.5) is 0 Å². The molecule has 8 heteroatoms. The van der Waals surface area contributed by atoms with Gasteiger partial charge in [-0.25, -0.2) is 13.2 Å². The first kappa shape index (κ1) is 27.6. The van der Waals surface area contributed by atoms with Gasteiger partial charge in [0.25, 0.3) is 0 Å². The van der Waals surface area contributed by atoms with Crippen LogP contribution in [0.1, 0.15) is 69.1 Å². The second kappa shape index (κ2) is 11.8. The Kier molecular flexibility index (Phi) is 9.08. The molecule has 1 amide bonds. The summed E-state index contributed by atoms with van der Waals surface area (Å²) < 4.78 is 28.4. The standard InChI is InChI=1S/C28H36N2O5S/c1-19(2)23-8-5-22(6-9-23)18-29-28(33)26-17-21(7-14-27(31)32)15-16-30(26)36(34,35)25-12-10-24(11-13-25)20(3)4/h5-14,19-21,26H,15-18H2,1-4H3,(H,29,33)(H,31,32)/b14-7+/t21-,26-/m1/s1. The summed E-state index contributed by atoms with van der Waals surface area (Å²) in [6.07, 6.45) is 3.26. The Morgan fingerprint density at radius 2 is 1.56 bits per heavy atom. The molecular weight excluding hydrogens is 476 g/mol. The van der Waals surface area contributed by atoms with Gasteiger partial charge in [-0.1, -0.05) is 70.2 Å². The number of benzene rings is 2. The highest BCUT2D eigenvalue weighted by Crippen LogP contribution is 2.30. The Morgan fingerprint density at radius 1 is 1.00 bits per heavy atom.